The second-order valence-electron chi connectivity index (χ2n) is 8.74. The van der Waals surface area contributed by atoms with E-state index in [0.29, 0.717) is 0 Å². The van der Waals surface area contributed by atoms with Gasteiger partial charge in [-0.2, -0.15) is 0 Å². The highest BCUT2D eigenvalue weighted by atomic mass is 16.6. The van der Waals surface area contributed by atoms with E-state index in [2.05, 4.69) is 26.3 Å². The van der Waals surface area contributed by atoms with Crippen molar-refractivity contribution in [2.75, 3.05) is 0 Å². The lowest BCUT2D eigenvalue weighted by Gasteiger charge is -2.12. The van der Waals surface area contributed by atoms with Gasteiger partial charge in [0.1, 0.15) is 17.2 Å². The number of carbonyl (C=O) groups is 5. The van der Waals surface area contributed by atoms with Crippen LogP contribution in [0.25, 0.3) is 6.08 Å². The van der Waals surface area contributed by atoms with Crippen LogP contribution in [0.5, 0.6) is 28.7 Å². The largest absolute Gasteiger partial charge is 0.423 e. The van der Waals surface area contributed by atoms with Crippen molar-refractivity contribution in [2.24, 2.45) is 0 Å². The van der Waals surface area contributed by atoms with Gasteiger partial charge in [0.2, 0.25) is 0 Å². The molecule has 212 valence electrons. The summed E-state index contributed by atoms with van der Waals surface area (Å²) in [5.74, 6) is -4.19. The highest BCUT2D eigenvalue weighted by molar-refractivity contribution is 5.93. The maximum Gasteiger partial charge on any atom is 0.338 e. The van der Waals surface area contributed by atoms with Gasteiger partial charge in [0, 0.05) is 46.1 Å². The Morgan fingerprint density at radius 3 is 1.44 bits per heavy atom. The number of benzene rings is 2. The van der Waals surface area contributed by atoms with Gasteiger partial charge < -0.3 is 23.7 Å². The Kier molecular flexibility index (Phi) is 10.9. The predicted octanol–water partition coefficient (Wildman–Crippen LogP) is 5.23. The van der Waals surface area contributed by atoms with E-state index in [4.69, 9.17) is 23.7 Å². The minimum absolute atomic E-state index is 0.00858. The van der Waals surface area contributed by atoms with E-state index in [-0.39, 0.29) is 56.6 Å². The van der Waals surface area contributed by atoms with Gasteiger partial charge in [0.15, 0.2) is 11.5 Å². The lowest BCUT2D eigenvalue weighted by molar-refractivity contribution is -0.132. The lowest BCUT2D eigenvalue weighted by atomic mass is 10.1. The maximum atomic E-state index is 12.7. The molecule has 0 saturated heterocycles. The van der Waals surface area contributed by atoms with Crippen molar-refractivity contribution in [2.45, 2.75) is 27.7 Å². The molecule has 0 fully saturated rings. The third-order valence-corrected chi connectivity index (χ3v) is 4.73. The number of hydrogen-bond acceptors (Lipinski definition) is 10. The summed E-state index contributed by atoms with van der Waals surface area (Å²) in [5.41, 5.74) is 0.732. The summed E-state index contributed by atoms with van der Waals surface area (Å²) in [6.45, 7) is 19.8. The van der Waals surface area contributed by atoms with Crippen LogP contribution in [0.2, 0.25) is 0 Å². The third kappa shape index (κ3) is 9.63. The Labute approximate surface area is 236 Å². The van der Waals surface area contributed by atoms with E-state index >= 15 is 0 Å². The topological polar surface area (TPSA) is 132 Å². The standard InChI is InChI=1S/C31H28O10/c1-17(2)28(33)37-22-11-9-21(25(15-22)40-30(35)19(5)6)10-14-27(32)39-24-13-12-23(38-29(34)18(3)4)16-26(24)41-31(36)20(7)8/h9-16H,1,3,5,7H2,2,4,6,8H3. The molecule has 0 aromatic heterocycles. The van der Waals surface area contributed by atoms with Gasteiger partial charge in [-0.15, -0.1) is 0 Å². The molecule has 0 atom stereocenters. The molecule has 0 radical (unpaired) electrons. The molecule has 0 aliphatic carbocycles. The van der Waals surface area contributed by atoms with Crippen LogP contribution < -0.4 is 23.7 Å². The van der Waals surface area contributed by atoms with E-state index in [0.717, 1.165) is 6.08 Å². The van der Waals surface area contributed by atoms with E-state index in [1.165, 1.54) is 70.2 Å². The fourth-order valence-corrected chi connectivity index (χ4v) is 2.58. The van der Waals surface area contributed by atoms with Crippen molar-refractivity contribution in [3.63, 3.8) is 0 Å². The quantitative estimate of drug-likeness (QED) is 0.204. The Bertz CT molecular complexity index is 1510. The van der Waals surface area contributed by atoms with Crippen LogP contribution in [0.3, 0.4) is 0 Å². The van der Waals surface area contributed by atoms with Crippen LogP contribution in [0.15, 0.2) is 91.1 Å². The molecule has 0 unspecified atom stereocenters. The molecule has 0 spiro atoms. The van der Waals surface area contributed by atoms with Crippen molar-refractivity contribution >= 4 is 35.9 Å². The van der Waals surface area contributed by atoms with Crippen LogP contribution in [-0.2, 0) is 24.0 Å². The minimum Gasteiger partial charge on any atom is -0.423 e. The molecular formula is C31H28O10. The second kappa shape index (κ2) is 14.0. The fraction of sp³-hybridized carbons (Fsp3) is 0.129. The Morgan fingerprint density at radius 1 is 0.537 bits per heavy atom. The van der Waals surface area contributed by atoms with Crippen molar-refractivity contribution in [3.05, 3.63) is 96.6 Å². The first-order chi connectivity index (χ1) is 19.2. The summed E-state index contributed by atoms with van der Waals surface area (Å²) in [4.78, 5) is 60.7. The Balaban J connectivity index is 2.36. The number of carbonyl (C=O) groups excluding carboxylic acids is 5. The Morgan fingerprint density at radius 2 is 0.951 bits per heavy atom. The molecule has 0 saturated carbocycles. The van der Waals surface area contributed by atoms with Crippen LogP contribution in [0.4, 0.5) is 0 Å². The van der Waals surface area contributed by atoms with Gasteiger partial charge in [-0.25, -0.2) is 24.0 Å². The summed E-state index contributed by atoms with van der Waals surface area (Å²) < 4.78 is 26.2. The van der Waals surface area contributed by atoms with Gasteiger partial charge in [-0.05, 0) is 58.0 Å². The molecule has 0 heterocycles. The van der Waals surface area contributed by atoms with E-state index < -0.39 is 29.8 Å². The van der Waals surface area contributed by atoms with Gasteiger partial charge in [0.25, 0.3) is 0 Å². The van der Waals surface area contributed by atoms with E-state index in [9.17, 15) is 24.0 Å². The van der Waals surface area contributed by atoms with Crippen LogP contribution in [0, 0.1) is 0 Å². The third-order valence-electron chi connectivity index (χ3n) is 4.73. The van der Waals surface area contributed by atoms with Crippen LogP contribution in [-0.4, -0.2) is 29.8 Å². The summed E-state index contributed by atoms with van der Waals surface area (Å²) >= 11 is 0. The Hall–Kier alpha value is -5.51. The first-order valence-corrected chi connectivity index (χ1v) is 11.9. The summed E-state index contributed by atoms with van der Waals surface area (Å²) in [6.07, 6.45) is 2.31. The zero-order chi connectivity index (χ0) is 30.9. The monoisotopic (exact) mass is 560 g/mol. The predicted molar refractivity (Wildman–Crippen MR) is 149 cm³/mol. The number of rotatable bonds is 11. The van der Waals surface area contributed by atoms with E-state index in [1.54, 1.807) is 0 Å². The highest BCUT2D eigenvalue weighted by Crippen LogP contribution is 2.33. The number of ether oxygens (including phenoxy) is 5. The molecule has 41 heavy (non-hydrogen) atoms. The number of esters is 5. The molecular weight excluding hydrogens is 532 g/mol. The van der Waals surface area contributed by atoms with Crippen LogP contribution in [0.1, 0.15) is 33.3 Å². The fourth-order valence-electron chi connectivity index (χ4n) is 2.58. The molecule has 2 aromatic carbocycles. The zero-order valence-corrected chi connectivity index (χ0v) is 23.0. The molecule has 0 aliphatic rings. The molecule has 0 aliphatic heterocycles. The molecule has 10 heteroatoms. The van der Waals surface area contributed by atoms with Gasteiger partial charge >= 0.3 is 29.8 Å². The minimum atomic E-state index is -0.903. The van der Waals surface area contributed by atoms with Gasteiger partial charge in [-0.3, -0.25) is 0 Å². The van der Waals surface area contributed by atoms with Gasteiger partial charge in [-0.1, -0.05) is 26.3 Å². The maximum absolute atomic E-state index is 12.7. The van der Waals surface area contributed by atoms with Crippen molar-refractivity contribution in [1.82, 2.24) is 0 Å². The second-order valence-corrected chi connectivity index (χ2v) is 8.74. The molecule has 2 aromatic rings. The van der Waals surface area contributed by atoms with Crippen molar-refractivity contribution in [3.8, 4) is 28.7 Å². The van der Waals surface area contributed by atoms with Gasteiger partial charge in [0.05, 0.1) is 0 Å². The van der Waals surface area contributed by atoms with Crippen molar-refractivity contribution in [1.29, 1.82) is 0 Å². The zero-order valence-electron chi connectivity index (χ0n) is 23.0. The molecule has 2 rings (SSSR count). The average molecular weight is 561 g/mol. The first-order valence-electron chi connectivity index (χ1n) is 11.9. The molecule has 0 amide bonds. The SMILES string of the molecule is C=C(C)C(=O)Oc1ccc(C=CC(=O)Oc2ccc(OC(=O)C(=C)C)cc2OC(=O)C(=C)C)c(OC(=O)C(=C)C)c1. The molecule has 0 bridgehead atoms. The average Bonchev–Trinajstić information content (AvgIpc) is 2.89. The first kappa shape index (κ1) is 31.7. The number of hydrogen-bond donors (Lipinski definition) is 0. The molecule has 10 nitrogen and oxygen atoms in total. The highest BCUT2D eigenvalue weighted by Gasteiger charge is 2.17. The smallest absolute Gasteiger partial charge is 0.338 e. The summed E-state index contributed by atoms with van der Waals surface area (Å²) in [6, 6.07) is 7.92. The van der Waals surface area contributed by atoms with Crippen LogP contribution >= 0.6 is 0 Å². The summed E-state index contributed by atoms with van der Waals surface area (Å²) in [7, 11) is 0. The normalized spacial score (nSPS) is 10.2. The lowest BCUT2D eigenvalue weighted by Crippen LogP contribution is -2.12. The van der Waals surface area contributed by atoms with E-state index in [1.807, 2.05) is 0 Å². The summed E-state index contributed by atoms with van der Waals surface area (Å²) in [5, 5.41) is 0. The molecule has 0 N–H and O–H groups in total. The van der Waals surface area contributed by atoms with Crippen molar-refractivity contribution < 1.29 is 47.7 Å².